The average molecular weight is 548 g/mol. The topological polar surface area (TPSA) is 142 Å². The molecule has 3 amide bonds. The lowest BCUT2D eigenvalue weighted by molar-refractivity contribution is -0.133. The van der Waals surface area contributed by atoms with E-state index in [0.717, 1.165) is 0 Å². The molecule has 1 aromatic rings. The summed E-state index contributed by atoms with van der Waals surface area (Å²) in [5, 5.41) is 14.5. The van der Waals surface area contributed by atoms with Gasteiger partial charge in [0, 0.05) is 52.2 Å². The molecule has 1 rings (SSSR count). The molecule has 0 saturated carbocycles. The van der Waals surface area contributed by atoms with Crippen LogP contribution in [0.1, 0.15) is 71.4 Å². The summed E-state index contributed by atoms with van der Waals surface area (Å²) in [6.07, 6.45) is 0.106. The van der Waals surface area contributed by atoms with Crippen molar-refractivity contribution in [2.75, 3.05) is 20.6 Å². The molecule has 218 valence electrons. The van der Waals surface area contributed by atoms with Crippen molar-refractivity contribution >= 4 is 29.5 Å². The van der Waals surface area contributed by atoms with E-state index in [-0.39, 0.29) is 62.2 Å². The van der Waals surface area contributed by atoms with Crippen LogP contribution in [0, 0.1) is 11.8 Å². The number of carbonyl (C=O) groups excluding carboxylic acids is 5. The fourth-order valence-corrected chi connectivity index (χ4v) is 3.75. The maximum Gasteiger partial charge on any atom is 0.407 e. The Kier molecular flexibility index (Phi) is 13.8. The molecule has 0 aliphatic rings. The van der Waals surface area contributed by atoms with Crippen LogP contribution in [0.3, 0.4) is 0 Å². The maximum atomic E-state index is 13.3. The Morgan fingerprint density at radius 3 is 2.08 bits per heavy atom. The molecule has 2 atom stereocenters. The Bertz CT molecular complexity index is 982. The number of nitrogens with zero attached hydrogens (tertiary/aromatic N) is 1. The van der Waals surface area contributed by atoms with Gasteiger partial charge >= 0.3 is 6.09 Å². The standard InChI is InChI=1S/C29H45N3O7/c1-19(2)23(16-22(34)9-8-10-26(36)32(6)7)27(37)31-24(17-30-28(38)39-29(3,4)5)25(35)15-20-11-13-21(18-33)14-12-20/h11-14,19,23-24,33H,8-10,15-18H2,1-7H3,(H,30,38)(H,31,37)/t23-,24-/m0/s1. The van der Waals surface area contributed by atoms with Crippen LogP contribution in [-0.2, 0) is 36.9 Å². The Morgan fingerprint density at radius 1 is 0.974 bits per heavy atom. The molecule has 0 heterocycles. The van der Waals surface area contributed by atoms with Crippen LogP contribution >= 0.6 is 0 Å². The zero-order valence-electron chi connectivity index (χ0n) is 24.3. The number of ether oxygens (including phenoxy) is 1. The van der Waals surface area contributed by atoms with Crippen LogP contribution in [0.2, 0.25) is 0 Å². The minimum atomic E-state index is -1.04. The highest BCUT2D eigenvalue weighted by atomic mass is 16.6. The van der Waals surface area contributed by atoms with Gasteiger partial charge < -0.3 is 25.4 Å². The van der Waals surface area contributed by atoms with Gasteiger partial charge in [-0.25, -0.2) is 4.79 Å². The van der Waals surface area contributed by atoms with Gasteiger partial charge in [-0.2, -0.15) is 0 Å². The number of alkyl carbamates (subject to hydrolysis) is 1. The molecular formula is C29H45N3O7. The summed E-state index contributed by atoms with van der Waals surface area (Å²) >= 11 is 0. The summed E-state index contributed by atoms with van der Waals surface area (Å²) < 4.78 is 5.25. The predicted molar refractivity (Wildman–Crippen MR) is 148 cm³/mol. The third-order valence-corrected chi connectivity index (χ3v) is 6.07. The van der Waals surface area contributed by atoms with Crippen molar-refractivity contribution in [2.45, 2.75) is 85.0 Å². The molecule has 0 unspecified atom stereocenters. The second kappa shape index (κ2) is 16.0. The maximum absolute atomic E-state index is 13.3. The van der Waals surface area contributed by atoms with Gasteiger partial charge in [0.1, 0.15) is 17.4 Å². The molecule has 10 nitrogen and oxygen atoms in total. The van der Waals surface area contributed by atoms with E-state index >= 15 is 0 Å². The van der Waals surface area contributed by atoms with Gasteiger partial charge in [-0.05, 0) is 44.2 Å². The quantitative estimate of drug-likeness (QED) is 0.306. The summed E-state index contributed by atoms with van der Waals surface area (Å²) in [7, 11) is 3.31. The molecule has 10 heteroatoms. The van der Waals surface area contributed by atoms with E-state index in [1.54, 1.807) is 59.1 Å². The Labute approximate surface area is 231 Å². The molecule has 0 radical (unpaired) electrons. The molecule has 0 aromatic heterocycles. The number of aliphatic hydroxyl groups is 1. The van der Waals surface area contributed by atoms with E-state index in [1.165, 1.54) is 4.90 Å². The third-order valence-electron chi connectivity index (χ3n) is 6.07. The summed E-state index contributed by atoms with van der Waals surface area (Å²) in [4.78, 5) is 64.6. The van der Waals surface area contributed by atoms with Crippen LogP contribution in [0.15, 0.2) is 24.3 Å². The van der Waals surface area contributed by atoms with Crippen molar-refractivity contribution < 1.29 is 33.8 Å². The predicted octanol–water partition coefficient (Wildman–Crippen LogP) is 2.79. The number of benzene rings is 1. The summed E-state index contributed by atoms with van der Waals surface area (Å²) in [6, 6.07) is 5.82. The first kappa shape index (κ1) is 33.8. The van der Waals surface area contributed by atoms with Crippen LogP contribution in [0.5, 0.6) is 0 Å². The van der Waals surface area contributed by atoms with Crippen LogP contribution in [0.4, 0.5) is 4.79 Å². The number of nitrogens with one attached hydrogen (secondary N) is 2. The molecule has 0 saturated heterocycles. The molecule has 3 N–H and O–H groups in total. The van der Waals surface area contributed by atoms with Gasteiger partial charge in [0.25, 0.3) is 0 Å². The number of hydrogen-bond acceptors (Lipinski definition) is 7. The number of ketones is 2. The highest BCUT2D eigenvalue weighted by Crippen LogP contribution is 2.19. The Morgan fingerprint density at radius 2 is 1.56 bits per heavy atom. The van der Waals surface area contributed by atoms with Gasteiger partial charge in [-0.3, -0.25) is 19.2 Å². The van der Waals surface area contributed by atoms with Crippen LogP contribution in [0.25, 0.3) is 0 Å². The molecule has 39 heavy (non-hydrogen) atoms. The van der Waals surface area contributed by atoms with E-state index in [0.29, 0.717) is 17.5 Å². The van der Waals surface area contributed by atoms with Crippen LogP contribution in [-0.4, -0.2) is 71.8 Å². The molecule has 0 aliphatic carbocycles. The Balaban J connectivity index is 2.94. The van der Waals surface area contributed by atoms with Crippen molar-refractivity contribution in [3.8, 4) is 0 Å². The normalized spacial score (nSPS) is 12.8. The lowest BCUT2D eigenvalue weighted by Gasteiger charge is -2.25. The number of carbonyl (C=O) groups is 5. The minimum absolute atomic E-state index is 0.00215. The molecule has 0 fully saturated rings. The molecular weight excluding hydrogens is 502 g/mol. The van der Waals surface area contributed by atoms with Crippen LogP contribution < -0.4 is 10.6 Å². The van der Waals surface area contributed by atoms with Gasteiger partial charge in [0.2, 0.25) is 11.8 Å². The lowest BCUT2D eigenvalue weighted by Crippen LogP contribution is -2.51. The van der Waals surface area contributed by atoms with E-state index in [1.807, 2.05) is 13.8 Å². The van der Waals surface area contributed by atoms with Gasteiger partial charge in [0.15, 0.2) is 5.78 Å². The molecule has 0 aliphatic heterocycles. The van der Waals surface area contributed by atoms with Gasteiger partial charge in [0.05, 0.1) is 6.61 Å². The van der Waals surface area contributed by atoms with Crippen molar-refractivity contribution in [2.24, 2.45) is 11.8 Å². The molecule has 1 aromatic carbocycles. The second-order valence-electron chi connectivity index (χ2n) is 11.3. The number of amides is 3. The zero-order chi connectivity index (χ0) is 29.8. The van der Waals surface area contributed by atoms with E-state index in [4.69, 9.17) is 4.74 Å². The Hall–Kier alpha value is -3.27. The third kappa shape index (κ3) is 13.4. The highest BCUT2D eigenvalue weighted by molar-refractivity contribution is 5.93. The monoisotopic (exact) mass is 547 g/mol. The van der Waals surface area contributed by atoms with Gasteiger partial charge in [-0.15, -0.1) is 0 Å². The number of aliphatic hydroxyl groups excluding tert-OH is 1. The SMILES string of the molecule is CC(C)[C@H](CC(=O)CCCC(=O)N(C)C)C(=O)N[C@@H](CNC(=O)OC(C)(C)C)C(=O)Cc1ccc(CO)cc1. The fourth-order valence-electron chi connectivity index (χ4n) is 3.75. The first-order valence-electron chi connectivity index (χ1n) is 13.3. The van der Waals surface area contributed by atoms with E-state index < -0.39 is 29.6 Å². The average Bonchev–Trinajstić information content (AvgIpc) is 2.83. The first-order valence-corrected chi connectivity index (χ1v) is 13.3. The summed E-state index contributed by atoms with van der Waals surface area (Å²) in [6.45, 7) is 8.50. The van der Waals surface area contributed by atoms with Crippen molar-refractivity contribution in [1.29, 1.82) is 0 Å². The number of hydrogen-bond donors (Lipinski definition) is 3. The number of rotatable bonds is 15. The fraction of sp³-hybridized carbons (Fsp3) is 0.621. The van der Waals surface area contributed by atoms with Gasteiger partial charge in [-0.1, -0.05) is 38.1 Å². The van der Waals surface area contributed by atoms with Crippen molar-refractivity contribution in [3.63, 3.8) is 0 Å². The zero-order valence-corrected chi connectivity index (χ0v) is 24.3. The summed E-state index contributed by atoms with van der Waals surface area (Å²) in [5.74, 6) is -1.84. The highest BCUT2D eigenvalue weighted by Gasteiger charge is 2.30. The minimum Gasteiger partial charge on any atom is -0.444 e. The first-order chi connectivity index (χ1) is 18.1. The largest absolute Gasteiger partial charge is 0.444 e. The smallest absolute Gasteiger partial charge is 0.407 e. The lowest BCUT2D eigenvalue weighted by atomic mass is 9.88. The molecule has 0 spiro atoms. The number of Topliss-reactive ketones (excluding diaryl/α,β-unsaturated/α-hetero) is 2. The summed E-state index contributed by atoms with van der Waals surface area (Å²) in [5.41, 5.74) is 0.663. The van der Waals surface area contributed by atoms with Crippen molar-refractivity contribution in [3.05, 3.63) is 35.4 Å². The second-order valence-corrected chi connectivity index (χ2v) is 11.3. The molecule has 0 bridgehead atoms. The van der Waals surface area contributed by atoms with E-state index in [2.05, 4.69) is 10.6 Å². The van der Waals surface area contributed by atoms with Crippen molar-refractivity contribution in [1.82, 2.24) is 15.5 Å². The van der Waals surface area contributed by atoms with E-state index in [9.17, 15) is 29.1 Å².